The zero-order valence-corrected chi connectivity index (χ0v) is 20.4. The molecule has 7 rings (SSSR count). The van der Waals surface area contributed by atoms with Crippen LogP contribution in [0.3, 0.4) is 0 Å². The maximum Gasteiger partial charge on any atom is 0.261 e. The van der Waals surface area contributed by atoms with Crippen LogP contribution in [0, 0.1) is 0 Å². The van der Waals surface area contributed by atoms with Crippen LogP contribution in [0.15, 0.2) is 65.2 Å². The Morgan fingerprint density at radius 1 is 1.03 bits per heavy atom. The highest BCUT2D eigenvalue weighted by molar-refractivity contribution is 7.22. The van der Waals surface area contributed by atoms with Crippen LogP contribution in [-0.2, 0) is 4.74 Å². The first-order valence-electron chi connectivity index (χ1n) is 12.4. The van der Waals surface area contributed by atoms with Gasteiger partial charge in [-0.1, -0.05) is 59.0 Å². The maximum atomic E-state index is 14.4. The molecule has 1 unspecified atom stereocenters. The molecular formula is C28H24N4O3S. The summed E-state index contributed by atoms with van der Waals surface area (Å²) >= 11 is 1.53. The molecule has 0 N–H and O–H groups in total. The molecule has 180 valence electrons. The Balaban J connectivity index is 1.39. The van der Waals surface area contributed by atoms with Gasteiger partial charge in [-0.05, 0) is 43.9 Å². The van der Waals surface area contributed by atoms with Gasteiger partial charge < -0.3 is 9.26 Å². The van der Waals surface area contributed by atoms with Gasteiger partial charge in [-0.3, -0.25) is 9.69 Å². The molecule has 3 aromatic heterocycles. The van der Waals surface area contributed by atoms with E-state index in [1.54, 1.807) is 4.90 Å². The van der Waals surface area contributed by atoms with Crippen molar-refractivity contribution in [2.24, 2.45) is 0 Å². The molecule has 1 amide bonds. The molecule has 36 heavy (non-hydrogen) atoms. The van der Waals surface area contributed by atoms with Crippen molar-refractivity contribution in [1.29, 1.82) is 0 Å². The first-order valence-corrected chi connectivity index (χ1v) is 13.2. The van der Waals surface area contributed by atoms with Gasteiger partial charge in [0.1, 0.15) is 5.69 Å². The van der Waals surface area contributed by atoms with E-state index in [9.17, 15) is 4.79 Å². The van der Waals surface area contributed by atoms with Crippen LogP contribution in [0.1, 0.15) is 47.7 Å². The lowest BCUT2D eigenvalue weighted by molar-refractivity contribution is 0.0918. The molecule has 2 aliphatic rings. The van der Waals surface area contributed by atoms with E-state index in [0.717, 1.165) is 53.8 Å². The SMILES string of the molecule is O=C(c1cc(C2CC2)nc2onc(-c3ccccc3)c12)N(CC1CCCO1)c1nc2ccccc2s1. The molecule has 2 fully saturated rings. The Morgan fingerprint density at radius 3 is 2.64 bits per heavy atom. The van der Waals surface area contributed by atoms with Crippen molar-refractivity contribution in [3.63, 3.8) is 0 Å². The van der Waals surface area contributed by atoms with Crippen LogP contribution in [0.25, 0.3) is 32.6 Å². The molecule has 5 aromatic rings. The van der Waals surface area contributed by atoms with Gasteiger partial charge in [-0.25, -0.2) is 9.97 Å². The fourth-order valence-corrected chi connectivity index (χ4v) is 5.85. The van der Waals surface area contributed by atoms with E-state index in [0.29, 0.717) is 40.0 Å². The Bertz CT molecular complexity index is 1540. The second-order valence-electron chi connectivity index (χ2n) is 9.46. The zero-order valence-electron chi connectivity index (χ0n) is 19.6. The molecule has 1 saturated heterocycles. The van der Waals surface area contributed by atoms with Crippen LogP contribution in [0.2, 0.25) is 0 Å². The minimum absolute atomic E-state index is 0.0164. The first kappa shape index (κ1) is 21.6. The molecule has 1 aliphatic carbocycles. The van der Waals surface area contributed by atoms with E-state index in [2.05, 4.69) is 5.16 Å². The predicted molar refractivity (Wildman–Crippen MR) is 139 cm³/mol. The third-order valence-corrected chi connectivity index (χ3v) is 7.97. The van der Waals surface area contributed by atoms with E-state index < -0.39 is 0 Å². The number of carbonyl (C=O) groups is 1. The smallest absolute Gasteiger partial charge is 0.261 e. The normalized spacial score (nSPS) is 17.7. The quantitative estimate of drug-likeness (QED) is 0.278. The molecule has 0 radical (unpaired) electrons. The van der Waals surface area contributed by atoms with Crippen LogP contribution in [0.4, 0.5) is 5.13 Å². The van der Waals surface area contributed by atoms with Gasteiger partial charge in [0.15, 0.2) is 5.13 Å². The highest BCUT2D eigenvalue weighted by Crippen LogP contribution is 2.42. The van der Waals surface area contributed by atoms with Crippen molar-refractivity contribution in [3.05, 3.63) is 71.9 Å². The van der Waals surface area contributed by atoms with Crippen molar-refractivity contribution in [2.75, 3.05) is 18.1 Å². The molecule has 0 spiro atoms. The minimum atomic E-state index is -0.126. The van der Waals surface area contributed by atoms with Gasteiger partial charge in [0.2, 0.25) is 0 Å². The summed E-state index contributed by atoms with van der Waals surface area (Å²) < 4.78 is 12.7. The molecule has 4 heterocycles. The number of carbonyl (C=O) groups excluding carboxylic acids is 1. The predicted octanol–water partition coefficient (Wildman–Crippen LogP) is 6.20. The standard InChI is InChI=1S/C28H24N4O3S/c33-27(32(16-19-9-6-14-34-19)28-30-21-10-4-5-11-23(21)36-28)20-15-22(17-12-13-17)29-26-24(20)25(31-35-26)18-7-2-1-3-8-18/h1-5,7-8,10-11,15,17,19H,6,9,12-14,16H2. The van der Waals surface area contributed by atoms with Crippen LogP contribution in [-0.4, -0.2) is 40.3 Å². The Kier molecular flexibility index (Phi) is 5.29. The Labute approximate surface area is 211 Å². The summed E-state index contributed by atoms with van der Waals surface area (Å²) in [6.07, 6.45) is 4.06. The van der Waals surface area contributed by atoms with Crippen molar-refractivity contribution >= 4 is 43.7 Å². The maximum absolute atomic E-state index is 14.4. The van der Waals surface area contributed by atoms with Gasteiger partial charge in [-0.15, -0.1) is 0 Å². The number of pyridine rings is 1. The number of hydrogen-bond acceptors (Lipinski definition) is 7. The average Bonchev–Trinajstić information content (AvgIpc) is 3.29. The summed E-state index contributed by atoms with van der Waals surface area (Å²) in [6, 6.07) is 19.7. The number of benzene rings is 2. The van der Waals surface area contributed by atoms with Crippen molar-refractivity contribution in [2.45, 2.75) is 37.7 Å². The van der Waals surface area contributed by atoms with Crippen molar-refractivity contribution in [3.8, 4) is 11.3 Å². The fraction of sp³-hybridized carbons (Fsp3) is 0.286. The third kappa shape index (κ3) is 3.86. The number of fused-ring (bicyclic) bond motifs is 2. The summed E-state index contributed by atoms with van der Waals surface area (Å²) in [5.41, 5.74) is 4.25. The molecule has 8 heteroatoms. The monoisotopic (exact) mass is 496 g/mol. The molecule has 7 nitrogen and oxygen atoms in total. The summed E-state index contributed by atoms with van der Waals surface area (Å²) in [4.78, 5) is 25.8. The lowest BCUT2D eigenvalue weighted by Crippen LogP contribution is -2.37. The number of ether oxygens (including phenoxy) is 1. The number of rotatable bonds is 6. The van der Waals surface area contributed by atoms with Crippen molar-refractivity contribution in [1.82, 2.24) is 15.1 Å². The molecule has 1 saturated carbocycles. The third-order valence-electron chi connectivity index (χ3n) is 6.91. The minimum Gasteiger partial charge on any atom is -0.376 e. The topological polar surface area (TPSA) is 81.4 Å². The molecule has 2 aromatic carbocycles. The number of anilines is 1. The van der Waals surface area contributed by atoms with E-state index >= 15 is 0 Å². The Hall–Kier alpha value is -3.62. The van der Waals surface area contributed by atoms with Crippen LogP contribution >= 0.6 is 11.3 Å². The average molecular weight is 497 g/mol. The molecule has 1 atom stereocenters. The van der Waals surface area contributed by atoms with Crippen LogP contribution in [0.5, 0.6) is 0 Å². The number of para-hydroxylation sites is 1. The summed E-state index contributed by atoms with van der Waals surface area (Å²) in [5.74, 6) is 0.236. The highest BCUT2D eigenvalue weighted by Gasteiger charge is 2.33. The largest absolute Gasteiger partial charge is 0.376 e. The first-order chi connectivity index (χ1) is 17.7. The van der Waals surface area contributed by atoms with Gasteiger partial charge >= 0.3 is 0 Å². The highest BCUT2D eigenvalue weighted by atomic mass is 32.1. The number of aromatic nitrogens is 3. The number of hydrogen-bond donors (Lipinski definition) is 0. The number of amides is 1. The van der Waals surface area contributed by atoms with E-state index in [4.69, 9.17) is 19.2 Å². The molecule has 0 bridgehead atoms. The molecular weight excluding hydrogens is 472 g/mol. The molecule has 1 aliphatic heterocycles. The van der Waals surface area contributed by atoms with E-state index in [1.807, 2.05) is 60.7 Å². The second-order valence-corrected chi connectivity index (χ2v) is 10.5. The summed E-state index contributed by atoms with van der Waals surface area (Å²) in [7, 11) is 0. The van der Waals surface area contributed by atoms with Gasteiger partial charge in [0.25, 0.3) is 11.6 Å². The Morgan fingerprint density at radius 2 is 1.86 bits per heavy atom. The van der Waals surface area contributed by atoms with Crippen LogP contribution < -0.4 is 4.90 Å². The zero-order chi connectivity index (χ0) is 24.1. The lowest BCUT2D eigenvalue weighted by atomic mass is 10.0. The van der Waals surface area contributed by atoms with Gasteiger partial charge in [0.05, 0.1) is 33.8 Å². The lowest BCUT2D eigenvalue weighted by Gasteiger charge is -2.23. The van der Waals surface area contributed by atoms with Gasteiger partial charge in [-0.2, -0.15) is 0 Å². The summed E-state index contributed by atoms with van der Waals surface area (Å²) in [5, 5.41) is 5.67. The summed E-state index contributed by atoms with van der Waals surface area (Å²) in [6.45, 7) is 1.18. The van der Waals surface area contributed by atoms with E-state index in [-0.39, 0.29) is 12.0 Å². The second kappa shape index (κ2) is 8.80. The number of thiazole rings is 1. The van der Waals surface area contributed by atoms with Crippen molar-refractivity contribution < 1.29 is 14.1 Å². The number of nitrogens with zero attached hydrogens (tertiary/aromatic N) is 4. The van der Waals surface area contributed by atoms with E-state index in [1.165, 1.54) is 11.3 Å². The fourth-order valence-electron chi connectivity index (χ4n) is 4.88. The van der Waals surface area contributed by atoms with Gasteiger partial charge in [0, 0.05) is 23.8 Å².